The highest BCUT2D eigenvalue weighted by Crippen LogP contribution is 2.32. The third kappa shape index (κ3) is 4.93. The predicted octanol–water partition coefficient (Wildman–Crippen LogP) is 2.67. The maximum atomic E-state index is 12.2. The molecule has 0 spiro atoms. The van der Waals surface area contributed by atoms with E-state index in [2.05, 4.69) is 31.5 Å². The SMILES string of the molecule is CCNC(=O)NNC1N=C(c2ccccc2)c2ccc(CCO)cc2-n2c(Cc3c(C)noc3C)nnc21. The van der Waals surface area contributed by atoms with Crippen molar-refractivity contribution in [1.29, 1.82) is 0 Å². The van der Waals surface area contributed by atoms with Crippen LogP contribution in [0.5, 0.6) is 0 Å². The van der Waals surface area contributed by atoms with Gasteiger partial charge in [-0.2, -0.15) is 0 Å². The van der Waals surface area contributed by atoms with Crippen molar-refractivity contribution in [2.75, 3.05) is 13.2 Å². The van der Waals surface area contributed by atoms with Crippen LogP contribution in [0.15, 0.2) is 58.0 Å². The fourth-order valence-electron chi connectivity index (χ4n) is 4.56. The summed E-state index contributed by atoms with van der Waals surface area (Å²) in [5, 5.41) is 25.5. The number of nitrogens with zero attached hydrogens (tertiary/aromatic N) is 5. The van der Waals surface area contributed by atoms with Crippen LogP contribution in [0.4, 0.5) is 4.79 Å². The van der Waals surface area contributed by atoms with E-state index < -0.39 is 6.17 Å². The van der Waals surface area contributed by atoms with Gasteiger partial charge in [0.2, 0.25) is 0 Å². The number of aromatic nitrogens is 4. The molecular weight excluding hydrogens is 484 g/mol. The maximum Gasteiger partial charge on any atom is 0.329 e. The number of rotatable bonds is 8. The van der Waals surface area contributed by atoms with Gasteiger partial charge in [0.1, 0.15) is 11.6 Å². The zero-order chi connectivity index (χ0) is 26.6. The molecule has 11 nitrogen and oxygen atoms in total. The van der Waals surface area contributed by atoms with Gasteiger partial charge < -0.3 is 14.9 Å². The summed E-state index contributed by atoms with van der Waals surface area (Å²) in [7, 11) is 0. The molecule has 196 valence electrons. The molecule has 38 heavy (non-hydrogen) atoms. The molecule has 1 atom stereocenters. The number of carbonyl (C=O) groups is 1. The number of aryl methyl sites for hydroxylation is 2. The molecule has 0 saturated carbocycles. The van der Waals surface area contributed by atoms with Gasteiger partial charge in [0.15, 0.2) is 12.0 Å². The minimum atomic E-state index is -0.743. The average Bonchev–Trinajstić information content (AvgIpc) is 3.44. The number of nitrogens with one attached hydrogen (secondary N) is 3. The van der Waals surface area contributed by atoms with Crippen LogP contribution in [-0.2, 0) is 12.8 Å². The number of aliphatic hydroxyl groups excluding tert-OH is 1. The van der Waals surface area contributed by atoms with Gasteiger partial charge in [-0.25, -0.2) is 10.2 Å². The number of urea groups is 1. The molecule has 11 heteroatoms. The van der Waals surface area contributed by atoms with E-state index in [9.17, 15) is 9.90 Å². The lowest BCUT2D eigenvalue weighted by Gasteiger charge is -2.16. The normalized spacial score (nSPS) is 14.3. The molecule has 0 fully saturated rings. The first kappa shape index (κ1) is 25.3. The largest absolute Gasteiger partial charge is 0.396 e. The van der Waals surface area contributed by atoms with Gasteiger partial charge in [-0.05, 0) is 38.8 Å². The monoisotopic (exact) mass is 514 g/mol. The molecule has 0 saturated heterocycles. The van der Waals surface area contributed by atoms with E-state index in [0.717, 1.165) is 45.1 Å². The van der Waals surface area contributed by atoms with Crippen LogP contribution < -0.4 is 16.2 Å². The maximum absolute atomic E-state index is 12.2. The van der Waals surface area contributed by atoms with E-state index in [0.29, 0.717) is 31.0 Å². The number of hydrogen-bond donors (Lipinski definition) is 4. The van der Waals surface area contributed by atoms with Crippen molar-refractivity contribution in [3.05, 3.63) is 93.9 Å². The molecule has 2 amide bonds. The quantitative estimate of drug-likeness (QED) is 0.265. The number of benzene rings is 2. The highest BCUT2D eigenvalue weighted by Gasteiger charge is 2.30. The number of aliphatic imine (C=N–C) groups is 1. The Morgan fingerprint density at radius 2 is 1.95 bits per heavy atom. The predicted molar refractivity (Wildman–Crippen MR) is 141 cm³/mol. The third-order valence-electron chi connectivity index (χ3n) is 6.44. The molecule has 5 rings (SSSR count). The first-order chi connectivity index (χ1) is 18.5. The zero-order valence-electron chi connectivity index (χ0n) is 21.5. The zero-order valence-corrected chi connectivity index (χ0v) is 21.5. The minimum absolute atomic E-state index is 0.0278. The van der Waals surface area contributed by atoms with Crippen LogP contribution in [0.25, 0.3) is 5.69 Å². The van der Waals surface area contributed by atoms with Crippen molar-refractivity contribution in [3.63, 3.8) is 0 Å². The van der Waals surface area contributed by atoms with Crippen LogP contribution >= 0.6 is 0 Å². The second-order valence-corrected chi connectivity index (χ2v) is 8.99. The molecule has 0 radical (unpaired) electrons. The van der Waals surface area contributed by atoms with E-state index >= 15 is 0 Å². The van der Waals surface area contributed by atoms with Gasteiger partial charge in [-0.15, -0.1) is 10.2 Å². The lowest BCUT2D eigenvalue weighted by Crippen LogP contribution is -2.45. The summed E-state index contributed by atoms with van der Waals surface area (Å²) in [4.78, 5) is 17.3. The highest BCUT2D eigenvalue weighted by atomic mass is 16.5. The smallest absolute Gasteiger partial charge is 0.329 e. The number of hydrogen-bond acceptors (Lipinski definition) is 8. The second kappa shape index (κ2) is 11.0. The second-order valence-electron chi connectivity index (χ2n) is 8.99. The molecule has 4 aromatic rings. The Kier molecular flexibility index (Phi) is 7.29. The number of fused-ring (bicyclic) bond motifs is 3. The van der Waals surface area contributed by atoms with Crippen LogP contribution in [0.3, 0.4) is 0 Å². The van der Waals surface area contributed by atoms with Crippen LogP contribution in [0, 0.1) is 13.8 Å². The van der Waals surface area contributed by atoms with E-state index in [4.69, 9.17) is 9.52 Å². The molecule has 1 aliphatic heterocycles. The Hall–Kier alpha value is -4.35. The minimum Gasteiger partial charge on any atom is -0.396 e. The van der Waals surface area contributed by atoms with Crippen LogP contribution in [0.1, 0.15) is 58.4 Å². The van der Waals surface area contributed by atoms with Gasteiger partial charge in [-0.3, -0.25) is 15.0 Å². The van der Waals surface area contributed by atoms with E-state index in [1.807, 2.05) is 73.9 Å². The van der Waals surface area contributed by atoms with Gasteiger partial charge in [0.05, 0.1) is 17.1 Å². The lowest BCUT2D eigenvalue weighted by molar-refractivity contribution is 0.234. The number of aliphatic hydroxyl groups is 1. The number of carbonyl (C=O) groups excluding carboxylic acids is 1. The van der Waals surface area contributed by atoms with Crippen molar-refractivity contribution in [1.82, 2.24) is 36.1 Å². The molecule has 2 aromatic carbocycles. The average molecular weight is 515 g/mol. The summed E-state index contributed by atoms with van der Waals surface area (Å²) < 4.78 is 7.36. The van der Waals surface area contributed by atoms with Crippen molar-refractivity contribution in [3.8, 4) is 5.69 Å². The van der Waals surface area contributed by atoms with E-state index in [1.165, 1.54) is 0 Å². The van der Waals surface area contributed by atoms with Crippen LogP contribution in [0.2, 0.25) is 0 Å². The molecule has 1 unspecified atom stereocenters. The van der Waals surface area contributed by atoms with Crippen molar-refractivity contribution in [2.24, 2.45) is 4.99 Å². The first-order valence-corrected chi connectivity index (χ1v) is 12.5. The highest BCUT2D eigenvalue weighted by molar-refractivity contribution is 6.15. The summed E-state index contributed by atoms with van der Waals surface area (Å²) in [6.07, 6.45) is 0.198. The Bertz CT molecular complexity index is 1460. The summed E-state index contributed by atoms with van der Waals surface area (Å²) >= 11 is 0. The standard InChI is InChI=1S/C27H30N8O3/c1-4-28-27(37)33-31-25-26-32-30-23(15-21-16(2)34-38-17(21)3)35(26)22-14-18(12-13-36)10-11-20(22)24(29-25)19-8-6-5-7-9-19/h5-11,14,25,31,36H,4,12-13,15H2,1-3H3,(H2,28,33,37). The van der Waals surface area contributed by atoms with E-state index in [1.54, 1.807) is 0 Å². The summed E-state index contributed by atoms with van der Waals surface area (Å²) in [5.74, 6) is 1.90. The van der Waals surface area contributed by atoms with Gasteiger partial charge in [0.25, 0.3) is 0 Å². The fraction of sp³-hybridized carbons (Fsp3) is 0.296. The van der Waals surface area contributed by atoms with Gasteiger partial charge >= 0.3 is 6.03 Å². The summed E-state index contributed by atoms with van der Waals surface area (Å²) in [6, 6.07) is 15.5. The van der Waals surface area contributed by atoms with Gasteiger partial charge in [-0.1, -0.05) is 47.6 Å². The molecule has 1 aliphatic rings. The number of amides is 2. The molecular formula is C27H30N8O3. The van der Waals surface area contributed by atoms with Crippen molar-refractivity contribution < 1.29 is 14.4 Å². The number of hydrazine groups is 1. The van der Waals surface area contributed by atoms with E-state index in [-0.39, 0.29) is 12.6 Å². The lowest BCUT2D eigenvalue weighted by atomic mass is 9.98. The molecule has 4 N–H and O–H groups in total. The Morgan fingerprint density at radius 1 is 1.13 bits per heavy atom. The van der Waals surface area contributed by atoms with Crippen LogP contribution in [-0.4, -0.2) is 49.9 Å². The Balaban J connectivity index is 1.70. The Morgan fingerprint density at radius 3 is 2.66 bits per heavy atom. The summed E-state index contributed by atoms with van der Waals surface area (Å²) in [5.41, 5.74) is 11.8. The fourth-order valence-corrected chi connectivity index (χ4v) is 4.56. The molecule has 3 heterocycles. The third-order valence-corrected chi connectivity index (χ3v) is 6.44. The molecule has 0 aliphatic carbocycles. The first-order valence-electron chi connectivity index (χ1n) is 12.5. The Labute approximate surface area is 220 Å². The summed E-state index contributed by atoms with van der Waals surface area (Å²) in [6.45, 7) is 6.12. The topological polar surface area (TPSA) is 142 Å². The molecule has 2 aromatic heterocycles. The van der Waals surface area contributed by atoms with Crippen molar-refractivity contribution in [2.45, 2.75) is 39.8 Å². The molecule has 0 bridgehead atoms. The van der Waals surface area contributed by atoms with Crippen molar-refractivity contribution >= 4 is 11.7 Å². The van der Waals surface area contributed by atoms with Gasteiger partial charge in [0, 0.05) is 36.3 Å².